The van der Waals surface area contributed by atoms with Crippen LogP contribution in [0.4, 0.5) is 0 Å². The van der Waals surface area contributed by atoms with E-state index < -0.39 is 0 Å². The van der Waals surface area contributed by atoms with Crippen LogP contribution >= 0.6 is 0 Å². The molecule has 0 aromatic rings. The Hall–Kier alpha value is -1.03. The zero-order valence-electron chi connectivity index (χ0n) is 18.6. The minimum absolute atomic E-state index is 0.434. The molecule has 4 aliphatic carbocycles. The van der Waals surface area contributed by atoms with E-state index in [2.05, 4.69) is 39.5 Å². The lowest BCUT2D eigenvalue weighted by molar-refractivity contribution is -0.0965. The normalized spacial score (nSPS) is 48.7. The van der Waals surface area contributed by atoms with E-state index in [0.29, 0.717) is 16.7 Å². The molecule has 1 nitrogen and oxygen atoms in total. The molecule has 0 aliphatic heterocycles. The predicted molar refractivity (Wildman–Crippen MR) is 117 cm³/mol. The first-order valence-electron chi connectivity index (χ1n) is 12.0. The molecule has 1 heteroatoms. The third-order valence-corrected chi connectivity index (χ3v) is 10.4. The lowest BCUT2D eigenvalue weighted by Crippen LogP contribution is -2.54. The van der Waals surface area contributed by atoms with Gasteiger partial charge in [0.1, 0.15) is 0 Å². The Bertz CT molecular complexity index is 670. The smallest absolute Gasteiger partial charge is 0.0624 e. The molecular formula is C27H41N. The molecule has 0 radical (unpaired) electrons. The molecule has 9 atom stereocenters. The first-order chi connectivity index (χ1) is 13.3. The van der Waals surface area contributed by atoms with E-state index in [1.807, 2.05) is 0 Å². The van der Waals surface area contributed by atoms with Crippen LogP contribution in [0.25, 0.3) is 0 Å². The van der Waals surface area contributed by atoms with Crippen LogP contribution in [0.3, 0.4) is 0 Å². The van der Waals surface area contributed by atoms with E-state index in [1.165, 1.54) is 57.8 Å². The number of fused-ring (bicyclic) bond motifs is 5. The van der Waals surface area contributed by atoms with Crippen molar-refractivity contribution in [3.05, 3.63) is 24.8 Å². The van der Waals surface area contributed by atoms with Crippen LogP contribution in [-0.4, -0.2) is 0 Å². The Kier molecular flexibility index (Phi) is 5.31. The van der Waals surface area contributed by atoms with Crippen molar-refractivity contribution in [2.75, 3.05) is 0 Å². The lowest BCUT2D eigenvalue weighted by Gasteiger charge is -2.62. The summed E-state index contributed by atoms with van der Waals surface area (Å²) in [5.74, 6) is 5.40. The van der Waals surface area contributed by atoms with Gasteiger partial charge in [0.25, 0.3) is 0 Å². The number of nitriles is 1. The lowest BCUT2D eigenvalue weighted by atomic mass is 9.43. The highest BCUT2D eigenvalue weighted by Gasteiger charge is 2.61. The van der Waals surface area contributed by atoms with Gasteiger partial charge in [0.2, 0.25) is 0 Å². The predicted octanol–water partition coefficient (Wildman–Crippen LogP) is 7.55. The van der Waals surface area contributed by atoms with E-state index in [9.17, 15) is 5.26 Å². The Morgan fingerprint density at radius 2 is 1.86 bits per heavy atom. The van der Waals surface area contributed by atoms with Gasteiger partial charge in [-0.05, 0) is 110 Å². The number of rotatable bonds is 4. The minimum atomic E-state index is 0.434. The fourth-order valence-corrected chi connectivity index (χ4v) is 8.93. The Morgan fingerprint density at radius 1 is 1.14 bits per heavy atom. The average Bonchev–Trinajstić information content (AvgIpc) is 3.00. The molecule has 154 valence electrons. The fraction of sp³-hybridized carbons (Fsp3) is 0.815. The topological polar surface area (TPSA) is 23.8 Å². The molecule has 0 aromatic heterocycles. The Labute approximate surface area is 173 Å². The van der Waals surface area contributed by atoms with Crippen molar-refractivity contribution in [1.29, 1.82) is 5.26 Å². The molecule has 0 saturated heterocycles. The monoisotopic (exact) mass is 379 g/mol. The van der Waals surface area contributed by atoms with Crippen LogP contribution < -0.4 is 0 Å². The largest absolute Gasteiger partial charge is 0.198 e. The molecular weight excluding hydrogens is 338 g/mol. The summed E-state index contributed by atoms with van der Waals surface area (Å²) in [4.78, 5) is 0. The van der Waals surface area contributed by atoms with Crippen LogP contribution in [0.1, 0.15) is 85.0 Å². The van der Waals surface area contributed by atoms with Gasteiger partial charge < -0.3 is 0 Å². The van der Waals surface area contributed by atoms with Crippen LogP contribution in [0.5, 0.6) is 0 Å². The standard InChI is InChI=1S/C27H41N/c1-6-7-20-10-13-26(4)21(17-20)16-19(3)25-23-9-8-22(18(2)12-15-28)27(23,5)14-11-24(25)26/h6,18,20-25H,1,3,7-14,16-17H2,2,4-5H3/t18-,20-,21?,22?,23+,24+,25?,26?,27?/m1/s1. The molecule has 28 heavy (non-hydrogen) atoms. The fourth-order valence-electron chi connectivity index (χ4n) is 8.93. The molecule has 0 N–H and O–H groups in total. The van der Waals surface area contributed by atoms with E-state index in [4.69, 9.17) is 6.58 Å². The highest BCUT2D eigenvalue weighted by Crippen LogP contribution is 2.69. The van der Waals surface area contributed by atoms with Gasteiger partial charge >= 0.3 is 0 Å². The van der Waals surface area contributed by atoms with Gasteiger partial charge in [0.05, 0.1) is 6.07 Å². The summed E-state index contributed by atoms with van der Waals surface area (Å²) in [6.07, 6.45) is 15.0. The summed E-state index contributed by atoms with van der Waals surface area (Å²) >= 11 is 0. The van der Waals surface area contributed by atoms with Gasteiger partial charge in [0.15, 0.2) is 0 Å². The maximum Gasteiger partial charge on any atom is 0.0624 e. The summed E-state index contributed by atoms with van der Waals surface area (Å²) in [5, 5.41) is 9.26. The first-order valence-corrected chi connectivity index (χ1v) is 12.0. The molecule has 4 aliphatic rings. The van der Waals surface area contributed by atoms with Gasteiger partial charge in [0, 0.05) is 6.42 Å². The van der Waals surface area contributed by atoms with Crippen LogP contribution in [-0.2, 0) is 0 Å². The van der Waals surface area contributed by atoms with E-state index in [-0.39, 0.29) is 0 Å². The van der Waals surface area contributed by atoms with E-state index >= 15 is 0 Å². The summed E-state index contributed by atoms with van der Waals surface area (Å²) in [7, 11) is 0. The molecule has 5 unspecified atom stereocenters. The van der Waals surface area contributed by atoms with Gasteiger partial charge in [-0.25, -0.2) is 0 Å². The minimum Gasteiger partial charge on any atom is -0.198 e. The van der Waals surface area contributed by atoms with Crippen molar-refractivity contribution in [3.63, 3.8) is 0 Å². The summed E-state index contributed by atoms with van der Waals surface area (Å²) < 4.78 is 0. The number of allylic oxidation sites excluding steroid dienone is 2. The summed E-state index contributed by atoms with van der Waals surface area (Å²) in [6, 6.07) is 2.46. The molecule has 0 heterocycles. The van der Waals surface area contributed by atoms with E-state index in [0.717, 1.165) is 41.9 Å². The average molecular weight is 380 g/mol. The van der Waals surface area contributed by atoms with Gasteiger partial charge in [-0.3, -0.25) is 0 Å². The molecule has 0 bridgehead atoms. The third-order valence-electron chi connectivity index (χ3n) is 10.4. The number of hydrogen-bond donors (Lipinski definition) is 0. The van der Waals surface area contributed by atoms with Crippen LogP contribution in [0, 0.1) is 63.6 Å². The van der Waals surface area contributed by atoms with Gasteiger partial charge in [-0.2, -0.15) is 5.26 Å². The second-order valence-corrected chi connectivity index (χ2v) is 11.5. The van der Waals surface area contributed by atoms with Crippen LogP contribution in [0.2, 0.25) is 0 Å². The van der Waals surface area contributed by atoms with Crippen molar-refractivity contribution in [1.82, 2.24) is 0 Å². The maximum atomic E-state index is 9.26. The van der Waals surface area contributed by atoms with E-state index in [1.54, 1.807) is 5.57 Å². The highest BCUT2D eigenvalue weighted by molar-refractivity contribution is 5.21. The Balaban J connectivity index is 1.59. The second kappa shape index (κ2) is 7.34. The van der Waals surface area contributed by atoms with Crippen molar-refractivity contribution in [3.8, 4) is 6.07 Å². The van der Waals surface area contributed by atoms with Crippen molar-refractivity contribution < 1.29 is 0 Å². The Morgan fingerprint density at radius 3 is 2.57 bits per heavy atom. The molecule has 0 aromatic carbocycles. The van der Waals surface area contributed by atoms with Gasteiger partial charge in [-0.1, -0.05) is 39.0 Å². The SMILES string of the molecule is C=CC[C@@H]1CCC2(C)C(CC(=C)C3[C@@H]2CCC2(C)C([C@H](C)CC#N)CC[C@@H]32)C1. The molecule has 4 fully saturated rings. The summed E-state index contributed by atoms with van der Waals surface area (Å²) in [6.45, 7) is 16.3. The number of hydrogen-bond acceptors (Lipinski definition) is 1. The highest BCUT2D eigenvalue weighted by atomic mass is 14.7. The van der Waals surface area contributed by atoms with Crippen molar-refractivity contribution in [2.24, 2.45) is 52.3 Å². The maximum absolute atomic E-state index is 9.26. The zero-order valence-corrected chi connectivity index (χ0v) is 18.6. The molecule has 4 saturated carbocycles. The molecule has 4 rings (SSSR count). The third kappa shape index (κ3) is 2.93. The quantitative estimate of drug-likeness (QED) is 0.462. The molecule has 0 spiro atoms. The number of nitrogens with zero attached hydrogens (tertiary/aromatic N) is 1. The van der Waals surface area contributed by atoms with Crippen molar-refractivity contribution >= 4 is 0 Å². The first kappa shape index (κ1) is 20.3. The van der Waals surface area contributed by atoms with Gasteiger partial charge in [-0.15, -0.1) is 6.58 Å². The summed E-state index contributed by atoms with van der Waals surface area (Å²) in [5.41, 5.74) is 2.56. The molecule has 0 amide bonds. The van der Waals surface area contributed by atoms with Crippen molar-refractivity contribution in [2.45, 2.75) is 85.0 Å². The van der Waals surface area contributed by atoms with Crippen LogP contribution in [0.15, 0.2) is 24.8 Å². The second-order valence-electron chi connectivity index (χ2n) is 11.5. The zero-order chi connectivity index (χ0) is 20.1.